The second kappa shape index (κ2) is 15.6. The monoisotopic (exact) mass is 847 g/mol. The Morgan fingerprint density at radius 1 is 0.852 bits per heavy atom. The number of Topliss-reactive ketones (excluding diaryl/α,β-unsaturated/α-hetero) is 1. The number of H-pyrrole nitrogens is 1. The van der Waals surface area contributed by atoms with E-state index < -0.39 is 34.7 Å². The molecule has 0 aromatic carbocycles. The lowest BCUT2D eigenvalue weighted by Gasteiger charge is -2.72. The molecule has 340 valence electrons. The summed E-state index contributed by atoms with van der Waals surface area (Å²) in [5.41, 5.74) is 1.70. The maximum atomic E-state index is 14.4. The van der Waals surface area contributed by atoms with Crippen molar-refractivity contribution >= 4 is 23.6 Å². The van der Waals surface area contributed by atoms with E-state index in [1.54, 1.807) is 4.90 Å². The van der Waals surface area contributed by atoms with Crippen LogP contribution in [0.1, 0.15) is 162 Å². The van der Waals surface area contributed by atoms with Gasteiger partial charge >= 0.3 is 11.9 Å². The SMILES string of the molecule is CC(C)C1=C2[C@H]3CC[C@@H]4[C@@]5(C)CC[C@H](OC(=O)[C@H]6C[C@@H](C(=O)O)C6(C)C)C(C)(C)[C@@H]5CC[C@@]4(C)[C@]3(C)CC[C@@]2([C@@H](O)CN(CCN(C)C)C(=O)c2cc(C(C)C)n[nH]2)CC1=O. The number of allylic oxidation sites excluding steroid dienone is 1. The molecule has 0 aliphatic heterocycles. The Bertz CT molecular complexity index is 1950. The highest BCUT2D eigenvalue weighted by molar-refractivity contribution is 6.01. The average Bonchev–Trinajstić information content (AvgIpc) is 3.77. The van der Waals surface area contributed by atoms with Crippen LogP contribution in [0.2, 0.25) is 0 Å². The molecule has 1 aromatic heterocycles. The van der Waals surface area contributed by atoms with Gasteiger partial charge in [0.2, 0.25) is 0 Å². The van der Waals surface area contributed by atoms with Crippen LogP contribution in [0.3, 0.4) is 0 Å². The van der Waals surface area contributed by atoms with Gasteiger partial charge in [-0.25, -0.2) is 0 Å². The Hall–Kier alpha value is -3.05. The molecule has 1 aromatic rings. The molecule has 3 N–H and O–H groups in total. The van der Waals surface area contributed by atoms with E-state index >= 15 is 0 Å². The highest BCUT2D eigenvalue weighted by Crippen LogP contribution is 2.77. The first-order valence-corrected chi connectivity index (χ1v) is 23.7. The van der Waals surface area contributed by atoms with Crippen molar-refractivity contribution in [2.45, 2.75) is 158 Å². The van der Waals surface area contributed by atoms with Gasteiger partial charge in [-0.1, -0.05) is 81.7 Å². The third-order valence-electron chi connectivity index (χ3n) is 19.1. The van der Waals surface area contributed by atoms with Crippen LogP contribution in [0.4, 0.5) is 0 Å². The molecular weight excluding hydrogens is 769 g/mol. The second-order valence-electron chi connectivity index (χ2n) is 23.6. The summed E-state index contributed by atoms with van der Waals surface area (Å²) in [5.74, 6) is -0.874. The Labute approximate surface area is 365 Å². The number of ether oxygens (including phenoxy) is 1. The van der Waals surface area contributed by atoms with Crippen LogP contribution < -0.4 is 0 Å². The number of ketones is 1. The highest BCUT2D eigenvalue weighted by atomic mass is 16.5. The number of carbonyl (C=O) groups excluding carboxylic acids is 3. The fraction of sp³-hybridized carbons (Fsp3) is 0.820. The summed E-state index contributed by atoms with van der Waals surface area (Å²) in [4.78, 5) is 57.9. The summed E-state index contributed by atoms with van der Waals surface area (Å²) in [6.45, 7) is 25.6. The second-order valence-corrected chi connectivity index (χ2v) is 23.6. The van der Waals surface area contributed by atoms with Gasteiger partial charge in [0.15, 0.2) is 5.78 Å². The molecule has 0 radical (unpaired) electrons. The van der Waals surface area contributed by atoms with Gasteiger partial charge in [-0.3, -0.25) is 24.3 Å². The minimum Gasteiger partial charge on any atom is -0.481 e. The summed E-state index contributed by atoms with van der Waals surface area (Å²) < 4.78 is 6.44. The number of likely N-dealkylation sites (N-methyl/N-ethyl adjacent to an activating group) is 1. The van der Waals surface area contributed by atoms with Gasteiger partial charge in [0.25, 0.3) is 5.91 Å². The lowest BCUT2D eigenvalue weighted by atomic mass is 9.33. The van der Waals surface area contributed by atoms with Crippen LogP contribution in [-0.2, 0) is 19.1 Å². The molecule has 7 rings (SSSR count). The molecule has 0 saturated heterocycles. The van der Waals surface area contributed by atoms with Crippen molar-refractivity contribution in [3.8, 4) is 0 Å². The molecule has 11 nitrogen and oxygen atoms in total. The minimum atomic E-state index is -0.899. The molecule has 11 atom stereocenters. The summed E-state index contributed by atoms with van der Waals surface area (Å²) in [5, 5.41) is 29.8. The number of aliphatic carboxylic acids is 1. The smallest absolute Gasteiger partial charge is 0.309 e. The molecule has 0 unspecified atom stereocenters. The largest absolute Gasteiger partial charge is 0.481 e. The van der Waals surface area contributed by atoms with Gasteiger partial charge in [-0.2, -0.15) is 5.10 Å². The number of nitrogens with one attached hydrogen (secondary N) is 1. The molecule has 5 fully saturated rings. The van der Waals surface area contributed by atoms with Crippen molar-refractivity contribution in [3.63, 3.8) is 0 Å². The van der Waals surface area contributed by atoms with Crippen LogP contribution in [0.25, 0.3) is 0 Å². The quantitative estimate of drug-likeness (QED) is 0.176. The number of nitrogens with zero attached hydrogens (tertiary/aromatic N) is 3. The van der Waals surface area contributed by atoms with E-state index in [-0.39, 0.29) is 69.7 Å². The number of rotatable bonds is 12. The third-order valence-corrected chi connectivity index (χ3v) is 19.1. The average molecular weight is 847 g/mol. The van der Waals surface area contributed by atoms with Crippen molar-refractivity contribution in [2.75, 3.05) is 33.7 Å². The van der Waals surface area contributed by atoms with Crippen molar-refractivity contribution in [3.05, 3.63) is 28.6 Å². The van der Waals surface area contributed by atoms with E-state index in [9.17, 15) is 29.4 Å². The Balaban J connectivity index is 1.16. The molecule has 1 heterocycles. The third kappa shape index (κ3) is 6.98. The van der Waals surface area contributed by atoms with Gasteiger partial charge in [0, 0.05) is 36.9 Å². The molecule has 5 saturated carbocycles. The molecule has 1 amide bonds. The van der Waals surface area contributed by atoms with Gasteiger partial charge in [0.1, 0.15) is 11.8 Å². The van der Waals surface area contributed by atoms with Crippen molar-refractivity contribution in [1.29, 1.82) is 0 Å². The number of fused-ring (bicyclic) bond motifs is 7. The molecular formula is C50H78N4O7. The van der Waals surface area contributed by atoms with Gasteiger partial charge in [-0.05, 0) is 135 Å². The zero-order valence-corrected chi connectivity index (χ0v) is 39.7. The summed E-state index contributed by atoms with van der Waals surface area (Å²) in [6.07, 6.45) is 6.98. The number of hydrogen-bond donors (Lipinski definition) is 3. The maximum absolute atomic E-state index is 14.4. The molecule has 0 bridgehead atoms. The van der Waals surface area contributed by atoms with E-state index in [0.717, 1.165) is 56.2 Å². The standard InChI is InChI=1S/C50H78N4O7/c1-28(2)33-25-34(52-51-33)42(57)54(23-22-53(12)13)27-38(56)50-21-20-48(10)30(41(50)40(29(3)4)35(55)26-50)14-15-37-47(9)18-17-39(46(7,8)36(47)16-19-49(37,48)11)61-44(60)32-24-31(43(58)59)45(32,5)6/h25,28-32,36-39,56H,14-24,26-27H2,1-13H3,(H,51,52)(H,58,59)/t30-,31+,32-,36+,37-,38+,39+,47+,48-,49-,50+/m1/s1. The first-order chi connectivity index (χ1) is 28.3. The first-order valence-electron chi connectivity index (χ1n) is 23.7. The van der Waals surface area contributed by atoms with E-state index in [1.165, 1.54) is 5.57 Å². The van der Waals surface area contributed by atoms with E-state index in [2.05, 4.69) is 58.7 Å². The van der Waals surface area contributed by atoms with Gasteiger partial charge < -0.3 is 24.7 Å². The summed E-state index contributed by atoms with van der Waals surface area (Å²) >= 11 is 0. The van der Waals surface area contributed by atoms with Crippen LogP contribution in [0.15, 0.2) is 17.2 Å². The predicted octanol–water partition coefficient (Wildman–Crippen LogP) is 8.54. The number of esters is 1. The lowest BCUT2D eigenvalue weighted by molar-refractivity contribution is -0.238. The minimum absolute atomic E-state index is 0.0111. The predicted molar refractivity (Wildman–Crippen MR) is 235 cm³/mol. The molecule has 6 aliphatic carbocycles. The van der Waals surface area contributed by atoms with Crippen molar-refractivity contribution < 1.29 is 34.1 Å². The van der Waals surface area contributed by atoms with Crippen molar-refractivity contribution in [1.82, 2.24) is 20.0 Å². The number of carboxylic acid groups (broad SMARTS) is 1. The van der Waals surface area contributed by atoms with Crippen LogP contribution in [0.5, 0.6) is 0 Å². The zero-order valence-electron chi connectivity index (χ0n) is 39.7. The van der Waals surface area contributed by atoms with Gasteiger partial charge in [0.05, 0.1) is 23.6 Å². The molecule has 61 heavy (non-hydrogen) atoms. The number of amides is 1. The zero-order chi connectivity index (χ0) is 45.0. The van der Waals surface area contributed by atoms with E-state index in [0.29, 0.717) is 49.9 Å². The van der Waals surface area contributed by atoms with Gasteiger partial charge in [-0.15, -0.1) is 0 Å². The van der Waals surface area contributed by atoms with E-state index in [4.69, 9.17) is 4.74 Å². The number of aliphatic hydroxyl groups is 1. The molecule has 0 spiro atoms. The summed E-state index contributed by atoms with van der Waals surface area (Å²) in [6, 6.07) is 1.83. The molecule has 6 aliphatic rings. The first kappa shape index (κ1) is 46.0. The normalized spacial score (nSPS) is 38.0. The number of aromatic amines is 1. The Morgan fingerprint density at radius 3 is 2.13 bits per heavy atom. The lowest BCUT2D eigenvalue weighted by Crippen LogP contribution is -2.66. The number of aromatic nitrogens is 2. The Morgan fingerprint density at radius 2 is 1.54 bits per heavy atom. The number of carboxylic acids is 1. The summed E-state index contributed by atoms with van der Waals surface area (Å²) in [7, 11) is 3.97. The fourth-order valence-electron chi connectivity index (χ4n) is 15.1. The molecule has 11 heteroatoms. The number of hydrogen-bond acceptors (Lipinski definition) is 8. The number of carbonyl (C=O) groups is 4. The van der Waals surface area contributed by atoms with Crippen LogP contribution in [0, 0.1) is 68.0 Å². The highest BCUT2D eigenvalue weighted by Gasteiger charge is 2.71. The Kier molecular flexibility index (Phi) is 11.7. The van der Waals surface area contributed by atoms with Crippen LogP contribution >= 0.6 is 0 Å². The van der Waals surface area contributed by atoms with Crippen LogP contribution in [-0.4, -0.2) is 99.8 Å². The van der Waals surface area contributed by atoms with E-state index in [1.807, 2.05) is 52.8 Å². The fourth-order valence-corrected chi connectivity index (χ4v) is 15.1. The topological polar surface area (TPSA) is 153 Å². The van der Waals surface area contributed by atoms with Crippen molar-refractivity contribution in [2.24, 2.45) is 68.0 Å². The number of aliphatic hydroxyl groups excluding tert-OH is 1. The maximum Gasteiger partial charge on any atom is 0.309 e.